The molecule has 4 aliphatic heterocycles. The molecule has 0 radical (unpaired) electrons. The van der Waals surface area contributed by atoms with E-state index in [0.29, 0.717) is 24.3 Å². The van der Waals surface area contributed by atoms with Gasteiger partial charge in [-0.15, -0.1) is 11.3 Å². The number of methoxy groups -OCH3 is 1. The molecule has 3 saturated heterocycles. The van der Waals surface area contributed by atoms with Gasteiger partial charge in [0.05, 0.1) is 23.8 Å². The summed E-state index contributed by atoms with van der Waals surface area (Å²) in [5.41, 5.74) is 4.14. The van der Waals surface area contributed by atoms with Gasteiger partial charge in [-0.05, 0) is 74.7 Å². The van der Waals surface area contributed by atoms with Crippen molar-refractivity contribution in [2.45, 2.75) is 51.8 Å². The molecule has 35 heavy (non-hydrogen) atoms. The van der Waals surface area contributed by atoms with E-state index in [9.17, 15) is 4.79 Å². The molecule has 1 N–H and O–H groups in total. The van der Waals surface area contributed by atoms with Gasteiger partial charge in [0.1, 0.15) is 5.69 Å². The molecule has 7 rings (SSSR count). The maximum Gasteiger partial charge on any atom is 0.289 e. The van der Waals surface area contributed by atoms with Crippen molar-refractivity contribution >= 4 is 17.2 Å². The van der Waals surface area contributed by atoms with Gasteiger partial charge in [-0.2, -0.15) is 0 Å². The van der Waals surface area contributed by atoms with Crippen LogP contribution in [0.25, 0.3) is 21.8 Å². The molecule has 0 spiro atoms. The first kappa shape index (κ1) is 22.6. The van der Waals surface area contributed by atoms with Crippen LogP contribution < -0.4 is 14.8 Å². The summed E-state index contributed by atoms with van der Waals surface area (Å²) in [6.45, 7) is 7.31. The Morgan fingerprint density at radius 1 is 1.23 bits per heavy atom. The number of nitrogens with one attached hydrogen (secondary N) is 1. The third-order valence-corrected chi connectivity index (χ3v) is 8.23. The second-order valence-corrected chi connectivity index (χ2v) is 11.0. The summed E-state index contributed by atoms with van der Waals surface area (Å²) in [5, 5.41) is 5.67. The fourth-order valence-electron chi connectivity index (χ4n) is 5.70. The number of ether oxygens (including phenoxy) is 2. The monoisotopic (exact) mass is 492 g/mol. The second-order valence-electron chi connectivity index (χ2n) is 10.1. The van der Waals surface area contributed by atoms with E-state index in [1.165, 1.54) is 12.0 Å². The molecule has 0 aliphatic carbocycles. The fraction of sp³-hybridized carbons (Fsp3) is 0.481. The van der Waals surface area contributed by atoms with E-state index in [1.54, 1.807) is 18.4 Å². The number of imidazole rings is 1. The Bertz CT molecular complexity index is 1230. The standard InChI is InChI=1S/C27H32N4O3S/c1-16(2)34-22-12-20-18(11-21(22)33-3)8-9-31-25(20)24(23-5-4-10-35-23)29-26(31)27(32)30-14-17-6-7-19(15-30)28-13-17/h4-5,10-12,16-17,19,28H,6-9,13-15H2,1-3H3. The molecule has 6 heterocycles. The summed E-state index contributed by atoms with van der Waals surface area (Å²) >= 11 is 1.65. The van der Waals surface area contributed by atoms with Crippen molar-refractivity contribution in [3.05, 3.63) is 41.0 Å². The number of benzene rings is 1. The summed E-state index contributed by atoms with van der Waals surface area (Å²) < 4.78 is 13.9. The molecule has 3 fully saturated rings. The number of aromatic nitrogens is 2. The molecule has 2 aromatic heterocycles. The largest absolute Gasteiger partial charge is 0.493 e. The van der Waals surface area contributed by atoms with E-state index < -0.39 is 0 Å². The van der Waals surface area contributed by atoms with Crippen molar-refractivity contribution in [1.29, 1.82) is 0 Å². The number of nitrogens with zero attached hydrogens (tertiary/aromatic N) is 3. The van der Waals surface area contributed by atoms with Crippen molar-refractivity contribution in [2.24, 2.45) is 5.92 Å². The first-order valence-electron chi connectivity index (χ1n) is 12.6. The van der Waals surface area contributed by atoms with Crippen LogP contribution in [0.15, 0.2) is 29.6 Å². The number of thiophene rings is 1. The molecule has 0 saturated carbocycles. The zero-order chi connectivity index (χ0) is 24.1. The number of amides is 1. The molecule has 1 aromatic carbocycles. The molecule has 8 heteroatoms. The van der Waals surface area contributed by atoms with E-state index in [-0.39, 0.29) is 12.0 Å². The minimum Gasteiger partial charge on any atom is -0.493 e. The van der Waals surface area contributed by atoms with Crippen LogP contribution in [-0.4, -0.2) is 59.2 Å². The summed E-state index contributed by atoms with van der Waals surface area (Å²) in [6, 6.07) is 8.66. The predicted molar refractivity (Wildman–Crippen MR) is 137 cm³/mol. The van der Waals surface area contributed by atoms with E-state index in [2.05, 4.69) is 33.5 Å². The van der Waals surface area contributed by atoms with Gasteiger partial charge in [0.25, 0.3) is 5.91 Å². The minimum absolute atomic E-state index is 0.0244. The topological polar surface area (TPSA) is 68.6 Å². The molecular weight excluding hydrogens is 460 g/mol. The van der Waals surface area contributed by atoms with Crippen LogP contribution in [0.5, 0.6) is 11.5 Å². The van der Waals surface area contributed by atoms with Gasteiger partial charge in [0, 0.05) is 31.2 Å². The highest BCUT2D eigenvalue weighted by atomic mass is 32.1. The summed E-state index contributed by atoms with van der Waals surface area (Å²) in [6.07, 6.45) is 3.17. The van der Waals surface area contributed by atoms with Gasteiger partial charge >= 0.3 is 0 Å². The number of fused-ring (bicyclic) bond motifs is 7. The number of piperidine rings is 1. The van der Waals surface area contributed by atoms with E-state index in [1.807, 2.05) is 24.8 Å². The predicted octanol–water partition coefficient (Wildman–Crippen LogP) is 4.45. The highest BCUT2D eigenvalue weighted by Gasteiger charge is 2.36. The first-order valence-corrected chi connectivity index (χ1v) is 13.4. The normalized spacial score (nSPS) is 21.0. The minimum atomic E-state index is 0.0244. The average Bonchev–Trinajstić information content (AvgIpc) is 3.41. The third kappa shape index (κ3) is 4.02. The van der Waals surface area contributed by atoms with Crippen molar-refractivity contribution < 1.29 is 14.3 Å². The molecule has 184 valence electrons. The molecule has 2 bridgehead atoms. The SMILES string of the molecule is COc1cc2c(cc1OC(C)C)-c1c(-c3cccs3)nc(C(=O)N3CC4CCC(C3)NC4)n1CC2. The van der Waals surface area contributed by atoms with Gasteiger partial charge in [0.2, 0.25) is 0 Å². The first-order chi connectivity index (χ1) is 17.0. The number of hydrogen-bond acceptors (Lipinski definition) is 6. The molecule has 7 nitrogen and oxygen atoms in total. The zero-order valence-corrected chi connectivity index (χ0v) is 21.4. The van der Waals surface area contributed by atoms with Gasteiger partial charge in [-0.25, -0.2) is 4.98 Å². The Balaban J connectivity index is 1.48. The molecule has 4 aliphatic rings. The van der Waals surface area contributed by atoms with Crippen LogP contribution >= 0.6 is 11.3 Å². The summed E-state index contributed by atoms with van der Waals surface area (Å²) in [7, 11) is 1.68. The van der Waals surface area contributed by atoms with Crippen molar-refractivity contribution in [2.75, 3.05) is 26.7 Å². The molecule has 2 unspecified atom stereocenters. The van der Waals surface area contributed by atoms with E-state index in [4.69, 9.17) is 14.5 Å². The number of aryl methyl sites for hydroxylation is 1. The summed E-state index contributed by atoms with van der Waals surface area (Å²) in [5.74, 6) is 2.58. The number of carbonyl (C=O) groups excluding carboxylic acids is 1. The van der Waals surface area contributed by atoms with Crippen LogP contribution in [0.3, 0.4) is 0 Å². The van der Waals surface area contributed by atoms with Gasteiger partial charge in [-0.1, -0.05) is 6.07 Å². The van der Waals surface area contributed by atoms with Crippen LogP contribution in [-0.2, 0) is 13.0 Å². The lowest BCUT2D eigenvalue weighted by Crippen LogP contribution is -2.41. The highest BCUT2D eigenvalue weighted by Crippen LogP contribution is 2.44. The van der Waals surface area contributed by atoms with Gasteiger partial charge in [0.15, 0.2) is 17.3 Å². The second kappa shape index (κ2) is 8.99. The van der Waals surface area contributed by atoms with Gasteiger partial charge in [-0.3, -0.25) is 4.79 Å². The lowest BCUT2D eigenvalue weighted by molar-refractivity contribution is 0.0731. The van der Waals surface area contributed by atoms with Gasteiger partial charge < -0.3 is 24.3 Å². The smallest absolute Gasteiger partial charge is 0.289 e. The molecule has 2 atom stereocenters. The van der Waals surface area contributed by atoms with E-state index >= 15 is 0 Å². The van der Waals surface area contributed by atoms with Crippen LogP contribution in [0, 0.1) is 5.92 Å². The number of rotatable bonds is 5. The Kier molecular flexibility index (Phi) is 5.81. The molecule has 1 amide bonds. The van der Waals surface area contributed by atoms with E-state index in [0.717, 1.165) is 65.8 Å². The summed E-state index contributed by atoms with van der Waals surface area (Å²) in [4.78, 5) is 22.1. The maximum absolute atomic E-state index is 13.9. The Morgan fingerprint density at radius 2 is 2.11 bits per heavy atom. The molecule has 3 aromatic rings. The molecular formula is C27H32N4O3S. The van der Waals surface area contributed by atoms with Crippen molar-refractivity contribution in [3.63, 3.8) is 0 Å². The fourth-order valence-corrected chi connectivity index (χ4v) is 6.42. The highest BCUT2D eigenvalue weighted by molar-refractivity contribution is 7.13. The number of carbonyl (C=O) groups is 1. The average molecular weight is 493 g/mol. The lowest BCUT2D eigenvalue weighted by Gasteiger charge is -2.25. The Morgan fingerprint density at radius 3 is 2.83 bits per heavy atom. The Labute approximate surface area is 210 Å². The van der Waals surface area contributed by atoms with Crippen molar-refractivity contribution in [1.82, 2.24) is 19.8 Å². The quantitative estimate of drug-likeness (QED) is 0.570. The lowest BCUT2D eigenvalue weighted by atomic mass is 9.95. The maximum atomic E-state index is 13.9. The number of hydrogen-bond donors (Lipinski definition) is 1. The zero-order valence-electron chi connectivity index (χ0n) is 20.5. The Hall–Kier alpha value is -2.84. The third-order valence-electron chi connectivity index (χ3n) is 7.35. The van der Waals surface area contributed by atoms with Crippen LogP contribution in [0.2, 0.25) is 0 Å². The van der Waals surface area contributed by atoms with Crippen LogP contribution in [0.1, 0.15) is 42.9 Å². The van der Waals surface area contributed by atoms with Crippen molar-refractivity contribution in [3.8, 4) is 33.3 Å². The van der Waals surface area contributed by atoms with Crippen LogP contribution in [0.4, 0.5) is 0 Å².